The highest BCUT2D eigenvalue weighted by Gasteiger charge is 2.29. The summed E-state index contributed by atoms with van der Waals surface area (Å²) in [6.45, 7) is 6.12. The molecule has 1 atom stereocenters. The van der Waals surface area contributed by atoms with E-state index in [1.807, 2.05) is 42.6 Å². The number of anilines is 1. The van der Waals surface area contributed by atoms with Crippen LogP contribution in [0.4, 0.5) is 5.82 Å². The Bertz CT molecular complexity index is 1320. The Labute approximate surface area is 198 Å². The summed E-state index contributed by atoms with van der Waals surface area (Å²) in [6.07, 6.45) is 3.85. The van der Waals surface area contributed by atoms with Gasteiger partial charge in [-0.2, -0.15) is 14.6 Å². The van der Waals surface area contributed by atoms with Crippen molar-refractivity contribution in [2.24, 2.45) is 0 Å². The van der Waals surface area contributed by atoms with Crippen LogP contribution in [0.25, 0.3) is 16.8 Å². The van der Waals surface area contributed by atoms with Crippen molar-refractivity contribution < 1.29 is 14.0 Å². The smallest absolute Gasteiger partial charge is 0.228 e. The van der Waals surface area contributed by atoms with Gasteiger partial charge in [0.25, 0.3) is 0 Å². The molecule has 0 saturated heterocycles. The van der Waals surface area contributed by atoms with Crippen LogP contribution in [-0.4, -0.2) is 45.0 Å². The minimum Gasteiger partial charge on any atom is -0.497 e. The second kappa shape index (κ2) is 8.96. The predicted octanol–water partition coefficient (Wildman–Crippen LogP) is 4.72. The van der Waals surface area contributed by atoms with E-state index >= 15 is 0 Å². The summed E-state index contributed by atoms with van der Waals surface area (Å²) in [5.41, 5.74) is 4.39. The van der Waals surface area contributed by atoms with Crippen molar-refractivity contribution in [2.45, 2.75) is 58.4 Å². The number of ether oxygens (including phenoxy) is 2. The Morgan fingerprint density at radius 1 is 1.15 bits per heavy atom. The fourth-order valence-corrected chi connectivity index (χ4v) is 4.24. The van der Waals surface area contributed by atoms with E-state index in [1.165, 1.54) is 0 Å². The van der Waals surface area contributed by atoms with Gasteiger partial charge in [0.15, 0.2) is 11.5 Å². The number of aromatic nitrogens is 5. The molecule has 5 rings (SSSR count). The molecule has 9 nitrogen and oxygen atoms in total. The lowest BCUT2D eigenvalue weighted by atomic mass is 10.0. The van der Waals surface area contributed by atoms with Crippen molar-refractivity contribution in [1.29, 1.82) is 0 Å². The number of hydrogen-bond donors (Lipinski definition) is 1. The van der Waals surface area contributed by atoms with E-state index < -0.39 is 0 Å². The van der Waals surface area contributed by atoms with Crippen molar-refractivity contribution in [3.8, 4) is 22.6 Å². The maximum Gasteiger partial charge on any atom is 0.228 e. The quantitative estimate of drug-likeness (QED) is 0.381. The van der Waals surface area contributed by atoms with Crippen LogP contribution in [-0.2, 0) is 6.42 Å². The molecule has 0 aliphatic heterocycles. The molecule has 1 fully saturated rings. The number of benzene rings is 1. The molecule has 0 radical (unpaired) electrons. The first-order valence-corrected chi connectivity index (χ1v) is 11.7. The summed E-state index contributed by atoms with van der Waals surface area (Å²) >= 11 is 0. The zero-order chi connectivity index (χ0) is 23.8. The summed E-state index contributed by atoms with van der Waals surface area (Å²) < 4.78 is 18.4. The molecule has 1 unspecified atom stereocenters. The standard InChI is InChI=1S/C25H30N6O3/c1-6-17(12-22-28-24(30-34-22)16-7-8-16)27-21-11-14(2)26-25-23(15(3)29-31(21)25)19-10-9-18(32-4)13-20(19)33-5/h9-11,13,16-17,27H,6-8,12H2,1-5H3. The van der Waals surface area contributed by atoms with Crippen molar-refractivity contribution >= 4 is 11.5 Å². The summed E-state index contributed by atoms with van der Waals surface area (Å²) in [5.74, 6) is 4.31. The van der Waals surface area contributed by atoms with E-state index in [-0.39, 0.29) is 6.04 Å². The molecule has 3 heterocycles. The summed E-state index contributed by atoms with van der Waals surface area (Å²) in [7, 11) is 3.30. The molecule has 3 aromatic heterocycles. The van der Waals surface area contributed by atoms with E-state index in [4.69, 9.17) is 24.1 Å². The Morgan fingerprint density at radius 2 is 1.97 bits per heavy atom. The van der Waals surface area contributed by atoms with Crippen LogP contribution in [0.15, 0.2) is 28.8 Å². The normalized spacial score (nSPS) is 14.4. The third-order valence-corrected chi connectivity index (χ3v) is 6.26. The molecule has 1 aromatic carbocycles. The molecule has 1 N–H and O–H groups in total. The minimum atomic E-state index is 0.112. The SMILES string of the molecule is CCC(Cc1nc(C2CC2)no1)Nc1cc(C)nc2c(-c3ccc(OC)cc3OC)c(C)nn12. The molecule has 0 spiro atoms. The van der Waals surface area contributed by atoms with E-state index in [0.29, 0.717) is 24.0 Å². The first-order valence-electron chi connectivity index (χ1n) is 11.7. The fourth-order valence-electron chi connectivity index (χ4n) is 4.24. The Morgan fingerprint density at radius 3 is 2.68 bits per heavy atom. The van der Waals surface area contributed by atoms with Crippen LogP contribution < -0.4 is 14.8 Å². The van der Waals surface area contributed by atoms with E-state index in [2.05, 4.69) is 22.4 Å². The van der Waals surface area contributed by atoms with Gasteiger partial charge in [0, 0.05) is 41.8 Å². The highest BCUT2D eigenvalue weighted by Crippen LogP contribution is 2.39. The van der Waals surface area contributed by atoms with Crippen molar-refractivity contribution in [3.05, 3.63) is 47.4 Å². The van der Waals surface area contributed by atoms with Gasteiger partial charge in [-0.25, -0.2) is 4.98 Å². The van der Waals surface area contributed by atoms with Crippen molar-refractivity contribution in [1.82, 2.24) is 24.7 Å². The molecule has 34 heavy (non-hydrogen) atoms. The van der Waals surface area contributed by atoms with Crippen LogP contribution in [0.5, 0.6) is 11.5 Å². The van der Waals surface area contributed by atoms with Gasteiger partial charge in [-0.3, -0.25) is 0 Å². The van der Waals surface area contributed by atoms with Gasteiger partial charge in [0.05, 0.1) is 25.5 Å². The third kappa shape index (κ3) is 4.18. The van der Waals surface area contributed by atoms with Gasteiger partial charge in [0.2, 0.25) is 5.89 Å². The molecular formula is C25H30N6O3. The Balaban J connectivity index is 1.50. The lowest BCUT2D eigenvalue weighted by molar-refractivity contribution is 0.365. The number of rotatable bonds is 9. The number of aryl methyl sites for hydroxylation is 2. The minimum absolute atomic E-state index is 0.112. The van der Waals surface area contributed by atoms with Crippen LogP contribution >= 0.6 is 0 Å². The van der Waals surface area contributed by atoms with Crippen LogP contribution in [0.3, 0.4) is 0 Å². The van der Waals surface area contributed by atoms with Gasteiger partial charge in [0.1, 0.15) is 17.3 Å². The van der Waals surface area contributed by atoms with E-state index in [9.17, 15) is 0 Å². The number of nitrogens with one attached hydrogen (secondary N) is 1. The highest BCUT2D eigenvalue weighted by molar-refractivity contribution is 5.85. The van der Waals surface area contributed by atoms with Gasteiger partial charge < -0.3 is 19.3 Å². The topological polar surface area (TPSA) is 99.6 Å². The van der Waals surface area contributed by atoms with Gasteiger partial charge >= 0.3 is 0 Å². The zero-order valence-corrected chi connectivity index (χ0v) is 20.3. The largest absolute Gasteiger partial charge is 0.497 e. The maximum absolute atomic E-state index is 5.66. The monoisotopic (exact) mass is 462 g/mol. The number of hydrogen-bond acceptors (Lipinski definition) is 8. The maximum atomic E-state index is 5.66. The average Bonchev–Trinajstić information content (AvgIpc) is 3.50. The lowest BCUT2D eigenvalue weighted by Gasteiger charge is -2.17. The molecule has 1 saturated carbocycles. The third-order valence-electron chi connectivity index (χ3n) is 6.26. The molecule has 1 aliphatic carbocycles. The summed E-state index contributed by atoms with van der Waals surface area (Å²) in [4.78, 5) is 9.43. The molecule has 1 aliphatic rings. The molecule has 178 valence electrons. The lowest BCUT2D eigenvalue weighted by Crippen LogP contribution is -2.23. The van der Waals surface area contributed by atoms with E-state index in [1.54, 1.807) is 14.2 Å². The first-order chi connectivity index (χ1) is 16.5. The average molecular weight is 463 g/mol. The van der Waals surface area contributed by atoms with Gasteiger partial charge in [-0.1, -0.05) is 12.1 Å². The van der Waals surface area contributed by atoms with Crippen LogP contribution in [0.1, 0.15) is 55.2 Å². The molecule has 4 aromatic rings. The van der Waals surface area contributed by atoms with Gasteiger partial charge in [-0.15, -0.1) is 0 Å². The second-order valence-electron chi connectivity index (χ2n) is 8.82. The van der Waals surface area contributed by atoms with Crippen LogP contribution in [0.2, 0.25) is 0 Å². The fraction of sp³-hybridized carbons (Fsp3) is 0.440. The second-order valence-corrected chi connectivity index (χ2v) is 8.82. The molecular weight excluding hydrogens is 432 g/mol. The highest BCUT2D eigenvalue weighted by atomic mass is 16.5. The van der Waals surface area contributed by atoms with Crippen molar-refractivity contribution in [2.75, 3.05) is 19.5 Å². The first kappa shape index (κ1) is 22.2. The predicted molar refractivity (Wildman–Crippen MR) is 129 cm³/mol. The number of fused-ring (bicyclic) bond motifs is 1. The number of nitrogens with zero attached hydrogens (tertiary/aromatic N) is 5. The van der Waals surface area contributed by atoms with Crippen molar-refractivity contribution in [3.63, 3.8) is 0 Å². The number of methoxy groups -OCH3 is 2. The molecule has 9 heteroatoms. The Kier molecular flexibility index (Phi) is 5.85. The van der Waals surface area contributed by atoms with Gasteiger partial charge in [-0.05, 0) is 45.2 Å². The van der Waals surface area contributed by atoms with E-state index in [0.717, 1.165) is 64.8 Å². The molecule has 0 bridgehead atoms. The zero-order valence-electron chi connectivity index (χ0n) is 20.3. The Hall–Kier alpha value is -3.62. The summed E-state index contributed by atoms with van der Waals surface area (Å²) in [5, 5.41) is 12.6. The summed E-state index contributed by atoms with van der Waals surface area (Å²) in [6, 6.07) is 7.91. The molecule has 0 amide bonds. The van der Waals surface area contributed by atoms with Crippen LogP contribution in [0, 0.1) is 13.8 Å².